The van der Waals surface area contributed by atoms with Crippen LogP contribution in [0, 0.1) is 5.92 Å². The molecule has 18 heavy (non-hydrogen) atoms. The molecule has 0 radical (unpaired) electrons. The number of nitrogens with zero attached hydrogens (tertiary/aromatic N) is 1. The van der Waals surface area contributed by atoms with Gasteiger partial charge < -0.3 is 10.6 Å². The van der Waals surface area contributed by atoms with Crippen molar-refractivity contribution in [3.05, 3.63) is 0 Å². The Labute approximate surface area is 109 Å². The van der Waals surface area contributed by atoms with Gasteiger partial charge in [0.15, 0.2) is 0 Å². The Balaban J connectivity index is 2.37. The van der Waals surface area contributed by atoms with Crippen LogP contribution in [0.5, 0.6) is 0 Å². The maximum absolute atomic E-state index is 11.8. The zero-order valence-corrected chi connectivity index (χ0v) is 11.7. The van der Waals surface area contributed by atoms with Crippen LogP contribution in [0.3, 0.4) is 0 Å². The first-order valence-corrected chi connectivity index (χ1v) is 6.83. The Hall–Kier alpha value is -1.10. The second-order valence-corrected chi connectivity index (χ2v) is 4.89. The van der Waals surface area contributed by atoms with Gasteiger partial charge >= 0.3 is 0 Å². The fourth-order valence-electron chi connectivity index (χ4n) is 2.31. The molecule has 0 spiro atoms. The largest absolute Gasteiger partial charge is 0.359 e. The van der Waals surface area contributed by atoms with Gasteiger partial charge in [0.1, 0.15) is 0 Å². The number of carbonyl (C=O) groups is 2. The molecule has 1 rings (SSSR count). The van der Waals surface area contributed by atoms with Gasteiger partial charge in [0.25, 0.3) is 0 Å². The summed E-state index contributed by atoms with van der Waals surface area (Å²) in [5.41, 5.74) is 0. The van der Waals surface area contributed by atoms with Crippen molar-refractivity contribution in [2.75, 3.05) is 26.7 Å². The summed E-state index contributed by atoms with van der Waals surface area (Å²) in [6.07, 6.45) is 2.63. The lowest BCUT2D eigenvalue weighted by atomic mass is 9.95. The normalized spacial score (nSPS) is 19.3. The van der Waals surface area contributed by atoms with Crippen molar-refractivity contribution in [2.45, 2.75) is 39.2 Å². The molecule has 1 aliphatic heterocycles. The Morgan fingerprint density at radius 2 is 1.94 bits per heavy atom. The zero-order valence-electron chi connectivity index (χ0n) is 11.7. The monoisotopic (exact) mass is 255 g/mol. The zero-order chi connectivity index (χ0) is 13.5. The Kier molecular flexibility index (Phi) is 6.12. The highest BCUT2D eigenvalue weighted by Gasteiger charge is 2.28. The third kappa shape index (κ3) is 3.98. The Bertz CT molecular complexity index is 286. The van der Waals surface area contributed by atoms with Crippen LogP contribution >= 0.6 is 0 Å². The van der Waals surface area contributed by atoms with E-state index in [0.717, 1.165) is 38.9 Å². The highest BCUT2D eigenvalue weighted by Crippen LogP contribution is 2.19. The topological polar surface area (TPSA) is 61.4 Å². The number of hydrogen-bond donors (Lipinski definition) is 2. The highest BCUT2D eigenvalue weighted by atomic mass is 16.2. The molecule has 0 aromatic rings. The molecule has 2 amide bonds. The molecule has 1 atom stereocenters. The first-order chi connectivity index (χ1) is 8.60. The van der Waals surface area contributed by atoms with Crippen LogP contribution in [0.1, 0.15) is 33.1 Å². The van der Waals surface area contributed by atoms with E-state index in [-0.39, 0.29) is 23.8 Å². The molecule has 1 saturated heterocycles. The SMILES string of the molecule is CCCNC(=O)C(C)N1CCC(C(=O)NC)CC1. The highest BCUT2D eigenvalue weighted by molar-refractivity contribution is 5.81. The maximum Gasteiger partial charge on any atom is 0.237 e. The van der Waals surface area contributed by atoms with Crippen molar-refractivity contribution >= 4 is 11.8 Å². The lowest BCUT2D eigenvalue weighted by Gasteiger charge is -2.34. The summed E-state index contributed by atoms with van der Waals surface area (Å²) in [6, 6.07) is -0.0952. The van der Waals surface area contributed by atoms with Crippen molar-refractivity contribution in [3.8, 4) is 0 Å². The van der Waals surface area contributed by atoms with Crippen LogP contribution in [0.4, 0.5) is 0 Å². The van der Waals surface area contributed by atoms with Crippen molar-refractivity contribution in [1.82, 2.24) is 15.5 Å². The fourth-order valence-corrected chi connectivity index (χ4v) is 2.31. The quantitative estimate of drug-likeness (QED) is 0.745. The van der Waals surface area contributed by atoms with Gasteiger partial charge in [-0.2, -0.15) is 0 Å². The first-order valence-electron chi connectivity index (χ1n) is 6.83. The predicted octanol–water partition coefficient (Wildman–Crippen LogP) is 0.359. The first kappa shape index (κ1) is 15.0. The second-order valence-electron chi connectivity index (χ2n) is 4.89. The van der Waals surface area contributed by atoms with Crippen molar-refractivity contribution in [2.24, 2.45) is 5.92 Å². The van der Waals surface area contributed by atoms with E-state index < -0.39 is 0 Å². The molecule has 0 saturated carbocycles. The molecular weight excluding hydrogens is 230 g/mol. The Morgan fingerprint density at radius 3 is 2.44 bits per heavy atom. The summed E-state index contributed by atoms with van der Waals surface area (Å²) in [6.45, 7) is 6.35. The predicted molar refractivity (Wildman–Crippen MR) is 71.1 cm³/mol. The van der Waals surface area contributed by atoms with Gasteiger partial charge in [-0.15, -0.1) is 0 Å². The summed E-state index contributed by atoms with van der Waals surface area (Å²) < 4.78 is 0. The summed E-state index contributed by atoms with van der Waals surface area (Å²) in [4.78, 5) is 25.5. The standard InChI is InChI=1S/C13H25N3O2/c1-4-7-15-12(17)10(2)16-8-5-11(6-9-16)13(18)14-3/h10-11H,4-9H2,1-3H3,(H,14,18)(H,15,17). The van der Waals surface area contributed by atoms with Crippen LogP contribution in [0.15, 0.2) is 0 Å². The number of piperidine rings is 1. The molecular formula is C13H25N3O2. The van der Waals surface area contributed by atoms with E-state index in [1.165, 1.54) is 0 Å². The van der Waals surface area contributed by atoms with E-state index in [1.807, 2.05) is 13.8 Å². The van der Waals surface area contributed by atoms with Crippen LogP contribution in [0.25, 0.3) is 0 Å². The van der Waals surface area contributed by atoms with Gasteiger partial charge in [-0.25, -0.2) is 0 Å². The molecule has 0 aromatic carbocycles. The van der Waals surface area contributed by atoms with Gasteiger partial charge in [-0.05, 0) is 39.3 Å². The molecule has 2 N–H and O–H groups in total. The van der Waals surface area contributed by atoms with E-state index in [1.54, 1.807) is 7.05 Å². The van der Waals surface area contributed by atoms with Crippen molar-refractivity contribution < 1.29 is 9.59 Å². The van der Waals surface area contributed by atoms with Gasteiger partial charge in [0.2, 0.25) is 11.8 Å². The minimum atomic E-state index is -0.0952. The van der Waals surface area contributed by atoms with Crippen LogP contribution in [0.2, 0.25) is 0 Å². The lowest BCUT2D eigenvalue weighted by molar-refractivity contribution is -0.128. The van der Waals surface area contributed by atoms with Gasteiger partial charge in [0.05, 0.1) is 6.04 Å². The number of rotatable bonds is 5. The third-order valence-corrected chi connectivity index (χ3v) is 3.62. The molecule has 5 heteroatoms. The molecule has 5 nitrogen and oxygen atoms in total. The molecule has 1 fully saturated rings. The average molecular weight is 255 g/mol. The second kappa shape index (κ2) is 7.36. The van der Waals surface area contributed by atoms with E-state index in [9.17, 15) is 9.59 Å². The summed E-state index contributed by atoms with van der Waals surface area (Å²) in [5, 5.41) is 5.61. The lowest BCUT2D eigenvalue weighted by Crippen LogP contribution is -2.49. The maximum atomic E-state index is 11.8. The minimum Gasteiger partial charge on any atom is -0.359 e. The van der Waals surface area contributed by atoms with E-state index >= 15 is 0 Å². The average Bonchev–Trinajstić information content (AvgIpc) is 2.43. The smallest absolute Gasteiger partial charge is 0.237 e. The van der Waals surface area contributed by atoms with Gasteiger partial charge in [-0.3, -0.25) is 14.5 Å². The Morgan fingerprint density at radius 1 is 1.33 bits per heavy atom. The summed E-state index contributed by atoms with van der Waals surface area (Å²) >= 11 is 0. The third-order valence-electron chi connectivity index (χ3n) is 3.62. The molecule has 104 valence electrons. The number of carbonyl (C=O) groups excluding carboxylic acids is 2. The van der Waals surface area contributed by atoms with Crippen molar-refractivity contribution in [3.63, 3.8) is 0 Å². The summed E-state index contributed by atoms with van der Waals surface area (Å²) in [7, 11) is 1.68. The number of nitrogens with one attached hydrogen (secondary N) is 2. The van der Waals surface area contributed by atoms with Crippen LogP contribution < -0.4 is 10.6 Å². The van der Waals surface area contributed by atoms with Crippen LogP contribution in [-0.2, 0) is 9.59 Å². The molecule has 1 unspecified atom stereocenters. The van der Waals surface area contributed by atoms with Crippen molar-refractivity contribution in [1.29, 1.82) is 0 Å². The molecule has 1 aliphatic rings. The minimum absolute atomic E-state index is 0.0928. The van der Waals surface area contributed by atoms with E-state index in [2.05, 4.69) is 15.5 Å². The van der Waals surface area contributed by atoms with E-state index in [0.29, 0.717) is 0 Å². The summed E-state index contributed by atoms with van der Waals surface area (Å²) in [5.74, 6) is 0.324. The molecule has 0 aromatic heterocycles. The molecule has 0 aliphatic carbocycles. The fraction of sp³-hybridized carbons (Fsp3) is 0.846. The van der Waals surface area contributed by atoms with Gasteiger partial charge in [0, 0.05) is 19.5 Å². The number of amides is 2. The molecule has 0 bridgehead atoms. The van der Waals surface area contributed by atoms with E-state index in [4.69, 9.17) is 0 Å². The number of likely N-dealkylation sites (tertiary alicyclic amines) is 1. The molecule has 1 heterocycles. The number of hydrogen-bond acceptors (Lipinski definition) is 3. The van der Waals surface area contributed by atoms with Gasteiger partial charge in [-0.1, -0.05) is 6.92 Å². The van der Waals surface area contributed by atoms with Crippen LogP contribution in [-0.4, -0.2) is 49.4 Å².